The highest BCUT2D eigenvalue weighted by molar-refractivity contribution is 6.05. The minimum atomic E-state index is -0.152. The van der Waals surface area contributed by atoms with Gasteiger partial charge in [-0.25, -0.2) is 4.99 Å². The Labute approximate surface area is 154 Å². The van der Waals surface area contributed by atoms with Crippen LogP contribution in [0.2, 0.25) is 0 Å². The number of nitrogens with zero attached hydrogens (tertiary/aromatic N) is 1. The van der Waals surface area contributed by atoms with Gasteiger partial charge in [0, 0.05) is 30.0 Å². The Morgan fingerprint density at radius 3 is 2.46 bits per heavy atom. The Morgan fingerprint density at radius 2 is 1.88 bits per heavy atom. The summed E-state index contributed by atoms with van der Waals surface area (Å²) in [5.74, 6) is 1.47. The third-order valence-electron chi connectivity index (χ3n) is 3.43. The number of benzene rings is 1. The molecule has 0 saturated heterocycles. The zero-order chi connectivity index (χ0) is 19.3. The highest BCUT2D eigenvalue weighted by atomic mass is 16.1. The van der Waals surface area contributed by atoms with Crippen LogP contribution in [0.1, 0.15) is 31.1 Å². The van der Waals surface area contributed by atoms with Crippen LogP contribution >= 0.6 is 0 Å². The van der Waals surface area contributed by atoms with E-state index < -0.39 is 0 Å². The van der Waals surface area contributed by atoms with Crippen molar-refractivity contribution >= 4 is 17.4 Å². The number of carbonyl (C=O) groups excluding carboxylic acids is 1. The molecule has 1 heterocycles. The van der Waals surface area contributed by atoms with Crippen LogP contribution in [-0.4, -0.2) is 24.3 Å². The smallest absolute Gasteiger partial charge is 0.251 e. The van der Waals surface area contributed by atoms with E-state index in [9.17, 15) is 4.79 Å². The van der Waals surface area contributed by atoms with Crippen molar-refractivity contribution in [1.82, 2.24) is 16.0 Å². The van der Waals surface area contributed by atoms with Crippen molar-refractivity contribution in [2.24, 2.45) is 10.7 Å². The average Bonchev–Trinajstić information content (AvgIpc) is 3.01. The molecule has 1 aliphatic heterocycles. The van der Waals surface area contributed by atoms with Gasteiger partial charge in [-0.2, -0.15) is 0 Å². The van der Waals surface area contributed by atoms with Crippen molar-refractivity contribution < 1.29 is 4.79 Å². The minimum absolute atomic E-state index is 0.131. The molecule has 0 atom stereocenters. The molecule has 2 rings (SSSR count). The molecule has 1 aromatic carbocycles. The van der Waals surface area contributed by atoms with Gasteiger partial charge in [-0.3, -0.25) is 4.79 Å². The minimum Gasteiger partial charge on any atom is -0.385 e. The Hall–Kier alpha value is -3.22. The molecule has 0 radical (unpaired) electrons. The van der Waals surface area contributed by atoms with Gasteiger partial charge in [0.05, 0.1) is 5.57 Å². The summed E-state index contributed by atoms with van der Waals surface area (Å²) in [6.07, 6.45) is 3.63. The quantitative estimate of drug-likeness (QED) is 0.556. The van der Waals surface area contributed by atoms with Gasteiger partial charge < -0.3 is 27.0 Å². The van der Waals surface area contributed by atoms with Crippen molar-refractivity contribution in [2.75, 3.05) is 12.4 Å². The number of nitrogens with two attached hydrogens (primary N) is 1. The van der Waals surface area contributed by atoms with Crippen LogP contribution in [0.25, 0.3) is 0 Å². The summed E-state index contributed by atoms with van der Waals surface area (Å²) in [5, 5.41) is 12.0. The standard InChI is InChI=1S/C19H26N6O/c1-12(23-14-8-6-13(7-9-14)18(26)21-5)24-17-15(10-11-22-17)16(20)25-19(2,3)4/h6-11,23,25H,1,20H2,2-5H3,(H,21,26)(H,22,24)/b16-15+. The van der Waals surface area contributed by atoms with E-state index in [0.717, 1.165) is 11.3 Å². The van der Waals surface area contributed by atoms with E-state index in [-0.39, 0.29) is 11.4 Å². The van der Waals surface area contributed by atoms with Crippen LogP contribution < -0.4 is 27.0 Å². The predicted octanol–water partition coefficient (Wildman–Crippen LogP) is 2.00. The van der Waals surface area contributed by atoms with Crippen LogP contribution in [0.3, 0.4) is 0 Å². The number of carbonyl (C=O) groups is 1. The molecular formula is C19H26N6O. The summed E-state index contributed by atoms with van der Waals surface area (Å²) < 4.78 is 0. The molecule has 6 N–H and O–H groups in total. The van der Waals surface area contributed by atoms with Crippen molar-refractivity contribution in [3.8, 4) is 0 Å². The maximum Gasteiger partial charge on any atom is 0.251 e. The van der Waals surface area contributed by atoms with Gasteiger partial charge in [-0.1, -0.05) is 6.58 Å². The normalized spacial score (nSPS) is 16.8. The maximum absolute atomic E-state index is 11.6. The fraction of sp³-hybridized carbons (Fsp3) is 0.263. The van der Waals surface area contributed by atoms with Crippen LogP contribution in [0.4, 0.5) is 5.69 Å². The van der Waals surface area contributed by atoms with E-state index in [1.807, 2.05) is 26.8 Å². The molecule has 0 saturated carbocycles. The zero-order valence-electron chi connectivity index (χ0n) is 15.6. The van der Waals surface area contributed by atoms with Gasteiger partial charge in [0.2, 0.25) is 0 Å². The second-order valence-corrected chi connectivity index (χ2v) is 6.87. The number of amides is 1. The lowest BCUT2D eigenvalue weighted by atomic mass is 10.1. The number of anilines is 1. The average molecular weight is 354 g/mol. The Balaban J connectivity index is 2.10. The molecule has 7 heteroatoms. The fourth-order valence-corrected chi connectivity index (χ4v) is 2.32. The lowest BCUT2D eigenvalue weighted by Gasteiger charge is -2.23. The predicted molar refractivity (Wildman–Crippen MR) is 106 cm³/mol. The van der Waals surface area contributed by atoms with Gasteiger partial charge >= 0.3 is 0 Å². The molecule has 1 amide bonds. The van der Waals surface area contributed by atoms with Crippen molar-refractivity contribution in [2.45, 2.75) is 26.3 Å². The molecular weight excluding hydrogens is 328 g/mol. The summed E-state index contributed by atoms with van der Waals surface area (Å²) in [6.45, 7) is 10.0. The number of hydrogen-bond acceptors (Lipinski definition) is 5. The summed E-state index contributed by atoms with van der Waals surface area (Å²) in [4.78, 5) is 16.0. The van der Waals surface area contributed by atoms with Crippen LogP contribution in [-0.2, 0) is 0 Å². The lowest BCUT2D eigenvalue weighted by molar-refractivity contribution is 0.0963. The van der Waals surface area contributed by atoms with Crippen LogP contribution in [0.15, 0.2) is 65.3 Å². The maximum atomic E-state index is 11.6. The number of rotatable bonds is 5. The topological polar surface area (TPSA) is 104 Å². The number of nitrogens with one attached hydrogen (secondary N) is 4. The SMILES string of the molecule is C=C(/N=C1/NC=C/C1=C(/N)NC(C)(C)C)Nc1ccc(C(=O)NC)cc1. The van der Waals surface area contributed by atoms with Gasteiger partial charge in [-0.05, 0) is 51.1 Å². The molecule has 0 bridgehead atoms. The molecule has 138 valence electrons. The second-order valence-electron chi connectivity index (χ2n) is 6.87. The van der Waals surface area contributed by atoms with E-state index in [4.69, 9.17) is 5.73 Å². The first kappa shape index (κ1) is 19.1. The van der Waals surface area contributed by atoms with E-state index in [1.54, 1.807) is 37.5 Å². The fourth-order valence-electron chi connectivity index (χ4n) is 2.32. The first-order valence-electron chi connectivity index (χ1n) is 8.28. The summed E-state index contributed by atoms with van der Waals surface area (Å²) >= 11 is 0. The third kappa shape index (κ3) is 5.14. The van der Waals surface area contributed by atoms with E-state index in [2.05, 4.69) is 32.8 Å². The molecule has 0 spiro atoms. The molecule has 0 fully saturated rings. The summed E-state index contributed by atoms with van der Waals surface area (Å²) in [5.41, 5.74) is 8.14. The number of aliphatic imine (C=N–C) groups is 1. The summed E-state index contributed by atoms with van der Waals surface area (Å²) in [6, 6.07) is 7.05. The highest BCUT2D eigenvalue weighted by Crippen LogP contribution is 2.15. The lowest BCUT2D eigenvalue weighted by Crippen LogP contribution is -2.39. The number of amidine groups is 1. The largest absolute Gasteiger partial charge is 0.385 e. The molecule has 0 aromatic heterocycles. The van der Waals surface area contributed by atoms with Gasteiger partial charge in [0.15, 0.2) is 0 Å². The molecule has 7 nitrogen and oxygen atoms in total. The van der Waals surface area contributed by atoms with Crippen molar-refractivity contribution in [3.63, 3.8) is 0 Å². The van der Waals surface area contributed by atoms with E-state index in [0.29, 0.717) is 23.0 Å². The first-order chi connectivity index (χ1) is 12.2. The van der Waals surface area contributed by atoms with Gasteiger partial charge in [-0.15, -0.1) is 0 Å². The highest BCUT2D eigenvalue weighted by Gasteiger charge is 2.17. The van der Waals surface area contributed by atoms with E-state index >= 15 is 0 Å². The monoisotopic (exact) mass is 354 g/mol. The van der Waals surface area contributed by atoms with Crippen LogP contribution in [0, 0.1) is 0 Å². The van der Waals surface area contributed by atoms with Gasteiger partial charge in [0.1, 0.15) is 17.5 Å². The van der Waals surface area contributed by atoms with Crippen LogP contribution in [0.5, 0.6) is 0 Å². The van der Waals surface area contributed by atoms with Crippen molar-refractivity contribution in [1.29, 1.82) is 0 Å². The van der Waals surface area contributed by atoms with E-state index in [1.165, 1.54) is 0 Å². The Bertz CT molecular complexity index is 781. The zero-order valence-corrected chi connectivity index (χ0v) is 15.6. The first-order valence-corrected chi connectivity index (χ1v) is 8.28. The molecule has 1 aliphatic rings. The Morgan fingerprint density at radius 1 is 1.23 bits per heavy atom. The molecule has 0 unspecified atom stereocenters. The number of hydrogen-bond donors (Lipinski definition) is 5. The van der Waals surface area contributed by atoms with Crippen molar-refractivity contribution in [3.05, 3.63) is 65.9 Å². The summed E-state index contributed by atoms with van der Waals surface area (Å²) in [7, 11) is 1.60. The second kappa shape index (κ2) is 7.77. The molecule has 1 aromatic rings. The molecule has 26 heavy (non-hydrogen) atoms. The third-order valence-corrected chi connectivity index (χ3v) is 3.43. The van der Waals surface area contributed by atoms with Gasteiger partial charge in [0.25, 0.3) is 5.91 Å². The molecule has 0 aliphatic carbocycles. The Kier molecular flexibility index (Phi) is 5.71.